The summed E-state index contributed by atoms with van der Waals surface area (Å²) in [4.78, 5) is 0.0822. The molecule has 0 saturated heterocycles. The van der Waals surface area contributed by atoms with Gasteiger partial charge in [0.2, 0.25) is 0 Å². The summed E-state index contributed by atoms with van der Waals surface area (Å²) >= 11 is 0. The molecule has 1 N–H and O–H groups in total. The van der Waals surface area contributed by atoms with E-state index < -0.39 is 10.1 Å². The molecule has 3 nitrogen and oxygen atoms in total. The topological polar surface area (TPSA) is 54.4 Å². The van der Waals surface area contributed by atoms with Crippen LogP contribution in [0.1, 0.15) is 128 Å². The number of rotatable bonds is 19. The molecular weight excluding hydrogens is 440 g/mol. The second kappa shape index (κ2) is 16.3. The fraction of sp³-hybridized carbons (Fsp3) is 0.667. The molecule has 0 bridgehead atoms. The quantitative estimate of drug-likeness (QED) is 0.158. The maximum absolute atomic E-state index is 12.0. The van der Waals surface area contributed by atoms with Crippen LogP contribution >= 0.6 is 0 Å². The van der Waals surface area contributed by atoms with Crippen LogP contribution in [0.4, 0.5) is 0 Å². The smallest absolute Gasteiger partial charge is 0.282 e. The molecule has 2 rings (SSSR count). The molecule has 192 valence electrons. The lowest BCUT2D eigenvalue weighted by molar-refractivity contribution is 0.481. The van der Waals surface area contributed by atoms with E-state index in [1.54, 1.807) is 6.07 Å². The van der Waals surface area contributed by atoms with E-state index in [0.29, 0.717) is 6.42 Å². The summed E-state index contributed by atoms with van der Waals surface area (Å²) in [6.07, 6.45) is 22.0. The third-order valence-electron chi connectivity index (χ3n) is 6.98. The van der Waals surface area contributed by atoms with E-state index in [1.807, 2.05) is 12.1 Å². The van der Waals surface area contributed by atoms with Crippen molar-refractivity contribution < 1.29 is 13.0 Å². The van der Waals surface area contributed by atoms with E-state index in [1.165, 1.54) is 95.5 Å². The third kappa shape index (κ3) is 10.9. The highest BCUT2D eigenvalue weighted by Gasteiger charge is 2.16. The van der Waals surface area contributed by atoms with Crippen molar-refractivity contribution >= 4 is 20.9 Å². The molecule has 2 aromatic carbocycles. The molecule has 0 aliphatic heterocycles. The number of hydrogen-bond acceptors (Lipinski definition) is 2. The van der Waals surface area contributed by atoms with E-state index in [-0.39, 0.29) is 4.90 Å². The Balaban J connectivity index is 1.92. The van der Waals surface area contributed by atoms with Crippen molar-refractivity contribution in [1.29, 1.82) is 0 Å². The molecule has 0 amide bonds. The Morgan fingerprint density at radius 2 is 1.09 bits per heavy atom. The molecule has 0 aliphatic rings. The SMILES string of the molecule is CCCCCCCCCCc1ccc2cc(S(=O)(=O)O)c(CCCCCCCCCC)cc2c1. The molecule has 0 aliphatic carbocycles. The lowest BCUT2D eigenvalue weighted by atomic mass is 9.98. The average Bonchev–Trinajstić information content (AvgIpc) is 2.81. The van der Waals surface area contributed by atoms with Gasteiger partial charge in [0, 0.05) is 0 Å². The predicted octanol–water partition coefficient (Wildman–Crippen LogP) is 9.45. The van der Waals surface area contributed by atoms with Gasteiger partial charge < -0.3 is 0 Å². The van der Waals surface area contributed by atoms with Crippen LogP contribution in [-0.2, 0) is 23.0 Å². The zero-order valence-electron chi connectivity index (χ0n) is 21.8. The molecule has 4 heteroatoms. The summed E-state index contributed by atoms with van der Waals surface area (Å²) in [5.41, 5.74) is 2.07. The molecule has 0 radical (unpaired) electrons. The van der Waals surface area contributed by atoms with Crippen LogP contribution in [0.3, 0.4) is 0 Å². The Kier molecular flexibility index (Phi) is 13.8. The van der Waals surface area contributed by atoms with Gasteiger partial charge in [-0.1, -0.05) is 122 Å². The fourth-order valence-corrected chi connectivity index (χ4v) is 5.64. The van der Waals surface area contributed by atoms with Gasteiger partial charge in [0.1, 0.15) is 0 Å². The van der Waals surface area contributed by atoms with Crippen LogP contribution < -0.4 is 0 Å². The molecule has 2 aromatic rings. The lowest BCUT2D eigenvalue weighted by Crippen LogP contribution is -2.04. The van der Waals surface area contributed by atoms with Gasteiger partial charge in [-0.2, -0.15) is 8.42 Å². The van der Waals surface area contributed by atoms with E-state index in [2.05, 4.69) is 26.0 Å². The second-order valence-corrected chi connectivity index (χ2v) is 11.5. The van der Waals surface area contributed by atoms with Crippen LogP contribution in [0.5, 0.6) is 0 Å². The summed E-state index contributed by atoms with van der Waals surface area (Å²) in [7, 11) is -4.22. The predicted molar refractivity (Wildman–Crippen MR) is 146 cm³/mol. The minimum atomic E-state index is -4.22. The van der Waals surface area contributed by atoms with Crippen LogP contribution in [0.2, 0.25) is 0 Å². The molecule has 0 heterocycles. The first kappa shape index (κ1) is 28.8. The molecule has 0 saturated carbocycles. The van der Waals surface area contributed by atoms with Gasteiger partial charge in [0.05, 0.1) is 4.90 Å². The third-order valence-corrected chi connectivity index (χ3v) is 7.92. The number of hydrogen-bond donors (Lipinski definition) is 1. The van der Waals surface area contributed by atoms with Crippen molar-refractivity contribution in [2.24, 2.45) is 0 Å². The number of unbranched alkanes of at least 4 members (excludes halogenated alkanes) is 14. The van der Waals surface area contributed by atoms with Crippen molar-refractivity contribution in [3.63, 3.8) is 0 Å². The van der Waals surface area contributed by atoms with Gasteiger partial charge >= 0.3 is 0 Å². The summed E-state index contributed by atoms with van der Waals surface area (Å²) in [6, 6.07) is 9.98. The van der Waals surface area contributed by atoms with Crippen LogP contribution in [0, 0.1) is 0 Å². The van der Waals surface area contributed by atoms with E-state index in [4.69, 9.17) is 0 Å². The second-order valence-electron chi connectivity index (χ2n) is 10.1. The largest absolute Gasteiger partial charge is 0.294 e. The van der Waals surface area contributed by atoms with Gasteiger partial charge in [-0.15, -0.1) is 0 Å². The Bertz CT molecular complexity index is 933. The zero-order valence-corrected chi connectivity index (χ0v) is 22.6. The minimum Gasteiger partial charge on any atom is -0.282 e. The highest BCUT2D eigenvalue weighted by molar-refractivity contribution is 7.85. The van der Waals surface area contributed by atoms with Crippen molar-refractivity contribution in [2.45, 2.75) is 134 Å². The van der Waals surface area contributed by atoms with Crippen molar-refractivity contribution in [1.82, 2.24) is 0 Å². The van der Waals surface area contributed by atoms with Crippen LogP contribution in [-0.4, -0.2) is 13.0 Å². The van der Waals surface area contributed by atoms with Gasteiger partial charge in [0.15, 0.2) is 0 Å². The molecule has 0 unspecified atom stereocenters. The normalized spacial score (nSPS) is 12.0. The van der Waals surface area contributed by atoms with Crippen molar-refractivity contribution in [2.75, 3.05) is 0 Å². The molecule has 0 spiro atoms. The summed E-state index contributed by atoms with van der Waals surface area (Å²) in [5.74, 6) is 0. The molecule has 0 atom stereocenters. The Labute approximate surface area is 209 Å². The van der Waals surface area contributed by atoms with Crippen LogP contribution in [0.15, 0.2) is 35.2 Å². The van der Waals surface area contributed by atoms with Crippen LogP contribution in [0.25, 0.3) is 10.8 Å². The molecular formula is C30H48O3S. The number of benzene rings is 2. The lowest BCUT2D eigenvalue weighted by Gasteiger charge is -2.11. The average molecular weight is 489 g/mol. The van der Waals surface area contributed by atoms with E-state index >= 15 is 0 Å². The van der Waals surface area contributed by atoms with Crippen molar-refractivity contribution in [3.05, 3.63) is 41.5 Å². The van der Waals surface area contributed by atoms with Gasteiger partial charge in [-0.05, 0) is 59.7 Å². The molecule has 0 aromatic heterocycles. The monoisotopic (exact) mass is 488 g/mol. The summed E-state index contributed by atoms with van der Waals surface area (Å²) in [6.45, 7) is 4.49. The number of aryl methyl sites for hydroxylation is 2. The summed E-state index contributed by atoms with van der Waals surface area (Å²) in [5, 5.41) is 1.96. The Morgan fingerprint density at radius 3 is 1.62 bits per heavy atom. The molecule has 0 fully saturated rings. The first-order chi connectivity index (χ1) is 16.5. The first-order valence-electron chi connectivity index (χ1n) is 14.0. The minimum absolute atomic E-state index is 0.0822. The summed E-state index contributed by atoms with van der Waals surface area (Å²) < 4.78 is 33.9. The Morgan fingerprint density at radius 1 is 0.588 bits per heavy atom. The van der Waals surface area contributed by atoms with Gasteiger partial charge in [-0.3, -0.25) is 4.55 Å². The van der Waals surface area contributed by atoms with E-state index in [9.17, 15) is 13.0 Å². The standard InChI is InChI=1S/C30H48O3S/c1-3-5-7-9-11-13-15-17-19-26-21-22-27-25-30(34(31,32)33)28(24-29(27)23-26)20-18-16-14-12-10-8-6-4-2/h21-25H,3-20H2,1-2H3,(H,31,32,33). The highest BCUT2D eigenvalue weighted by atomic mass is 32.2. The zero-order chi connectivity index (χ0) is 24.7. The fourth-order valence-electron chi connectivity index (χ4n) is 4.88. The maximum Gasteiger partial charge on any atom is 0.294 e. The first-order valence-corrected chi connectivity index (χ1v) is 15.4. The van der Waals surface area contributed by atoms with E-state index in [0.717, 1.165) is 35.6 Å². The van der Waals surface area contributed by atoms with Crippen molar-refractivity contribution in [3.8, 4) is 0 Å². The maximum atomic E-state index is 12.0. The molecule has 34 heavy (non-hydrogen) atoms. The number of fused-ring (bicyclic) bond motifs is 1. The van der Waals surface area contributed by atoms with Gasteiger partial charge in [-0.25, -0.2) is 0 Å². The highest BCUT2D eigenvalue weighted by Crippen LogP contribution is 2.27. The Hall–Kier alpha value is -1.39. The van der Waals surface area contributed by atoms with Gasteiger partial charge in [0.25, 0.3) is 10.1 Å².